The van der Waals surface area contributed by atoms with Gasteiger partial charge < -0.3 is 9.80 Å². The Bertz CT molecular complexity index is 909. The zero-order chi connectivity index (χ0) is 20.8. The van der Waals surface area contributed by atoms with Gasteiger partial charge in [0, 0.05) is 36.6 Å². The molecular weight excluding hydrogens is 423 g/mol. The summed E-state index contributed by atoms with van der Waals surface area (Å²) in [6, 6.07) is 3.10. The second-order valence-electron chi connectivity index (χ2n) is 7.55. The Labute approximate surface area is 176 Å². The normalized spacial score (nSPS) is 20.7. The van der Waals surface area contributed by atoms with Gasteiger partial charge in [0.2, 0.25) is 5.91 Å². The largest absolute Gasteiger partial charge is 0.417 e. The predicted molar refractivity (Wildman–Crippen MR) is 107 cm³/mol. The van der Waals surface area contributed by atoms with E-state index in [0.717, 1.165) is 25.2 Å². The first kappa shape index (κ1) is 20.5. The highest BCUT2D eigenvalue weighted by molar-refractivity contribution is 7.10. The SMILES string of the molecule is CC1c2ccsc2CCN1C(=O)C1CCN(c2ncc(C(F)(F)F)cc2Cl)CC1. The number of halogens is 4. The highest BCUT2D eigenvalue weighted by Gasteiger charge is 2.35. The molecular formula is C20H21ClF3N3OS. The van der Waals surface area contributed by atoms with Gasteiger partial charge in [0.25, 0.3) is 0 Å². The summed E-state index contributed by atoms with van der Waals surface area (Å²) in [5.74, 6) is 0.433. The van der Waals surface area contributed by atoms with Crippen molar-refractivity contribution in [2.24, 2.45) is 5.92 Å². The molecule has 0 spiro atoms. The van der Waals surface area contributed by atoms with Gasteiger partial charge in [-0.3, -0.25) is 4.79 Å². The van der Waals surface area contributed by atoms with Crippen LogP contribution in [0.15, 0.2) is 23.7 Å². The van der Waals surface area contributed by atoms with Crippen LogP contribution in [0.5, 0.6) is 0 Å². The van der Waals surface area contributed by atoms with Crippen molar-refractivity contribution in [1.29, 1.82) is 0 Å². The highest BCUT2D eigenvalue weighted by atomic mass is 35.5. The molecule has 0 aliphatic carbocycles. The highest BCUT2D eigenvalue weighted by Crippen LogP contribution is 2.37. The summed E-state index contributed by atoms with van der Waals surface area (Å²) in [5, 5.41) is 2.06. The molecule has 2 aliphatic rings. The molecule has 1 fully saturated rings. The maximum Gasteiger partial charge on any atom is 0.417 e. The Kier molecular flexibility index (Phi) is 5.50. The number of hydrogen-bond donors (Lipinski definition) is 0. The summed E-state index contributed by atoms with van der Waals surface area (Å²) < 4.78 is 38.4. The molecule has 4 nitrogen and oxygen atoms in total. The Morgan fingerprint density at radius 3 is 2.66 bits per heavy atom. The smallest absolute Gasteiger partial charge is 0.355 e. The van der Waals surface area contributed by atoms with Gasteiger partial charge in [0.1, 0.15) is 5.82 Å². The first-order valence-electron chi connectivity index (χ1n) is 9.60. The van der Waals surface area contributed by atoms with Crippen molar-refractivity contribution in [3.8, 4) is 0 Å². The van der Waals surface area contributed by atoms with Crippen LogP contribution in [0.1, 0.15) is 41.8 Å². The maximum absolute atomic E-state index is 13.1. The van der Waals surface area contributed by atoms with E-state index in [1.807, 2.05) is 9.80 Å². The number of nitrogens with zero attached hydrogens (tertiary/aromatic N) is 3. The molecule has 1 saturated heterocycles. The summed E-state index contributed by atoms with van der Waals surface area (Å²) in [4.78, 5) is 22.2. The molecule has 1 amide bonds. The fraction of sp³-hybridized carbons (Fsp3) is 0.500. The van der Waals surface area contributed by atoms with E-state index in [1.54, 1.807) is 11.3 Å². The lowest BCUT2D eigenvalue weighted by atomic mass is 9.92. The number of carbonyl (C=O) groups excluding carboxylic acids is 1. The maximum atomic E-state index is 13.1. The summed E-state index contributed by atoms with van der Waals surface area (Å²) in [7, 11) is 0. The molecule has 0 radical (unpaired) electrons. The molecule has 4 heterocycles. The number of piperidine rings is 1. The first-order valence-corrected chi connectivity index (χ1v) is 10.9. The molecule has 2 aliphatic heterocycles. The van der Waals surface area contributed by atoms with Crippen LogP contribution in [0.3, 0.4) is 0 Å². The number of pyridine rings is 1. The summed E-state index contributed by atoms with van der Waals surface area (Å²) in [6.45, 7) is 3.89. The summed E-state index contributed by atoms with van der Waals surface area (Å²) in [5.41, 5.74) is 0.385. The van der Waals surface area contributed by atoms with Crippen LogP contribution in [-0.2, 0) is 17.4 Å². The van der Waals surface area contributed by atoms with E-state index in [-0.39, 0.29) is 22.9 Å². The number of rotatable bonds is 2. The van der Waals surface area contributed by atoms with Gasteiger partial charge in [0.15, 0.2) is 0 Å². The fourth-order valence-electron chi connectivity index (χ4n) is 4.20. The van der Waals surface area contributed by atoms with Gasteiger partial charge in [-0.2, -0.15) is 13.2 Å². The minimum atomic E-state index is -4.47. The Hall–Kier alpha value is -1.80. The van der Waals surface area contributed by atoms with E-state index >= 15 is 0 Å². The van der Waals surface area contributed by atoms with E-state index in [0.29, 0.717) is 31.7 Å². The van der Waals surface area contributed by atoms with Crippen molar-refractivity contribution < 1.29 is 18.0 Å². The molecule has 4 rings (SSSR count). The Morgan fingerprint density at radius 2 is 2.00 bits per heavy atom. The zero-order valence-electron chi connectivity index (χ0n) is 15.9. The number of thiophene rings is 1. The molecule has 0 bridgehead atoms. The standard InChI is InChI=1S/C20H21ClF3N3OS/c1-12-15-5-9-29-17(15)4-8-27(12)19(28)13-2-6-26(7-3-13)18-16(21)10-14(11-25-18)20(22,23)24/h5,9-13H,2-4,6-8H2,1H3. The number of anilines is 1. The number of aromatic nitrogens is 1. The zero-order valence-corrected chi connectivity index (χ0v) is 17.4. The second-order valence-corrected chi connectivity index (χ2v) is 8.95. The van der Waals surface area contributed by atoms with E-state index in [1.165, 1.54) is 10.4 Å². The molecule has 0 N–H and O–H groups in total. The quantitative estimate of drug-likeness (QED) is 0.641. The van der Waals surface area contributed by atoms with Gasteiger partial charge in [-0.05, 0) is 49.3 Å². The number of fused-ring (bicyclic) bond motifs is 1. The van der Waals surface area contributed by atoms with Crippen molar-refractivity contribution in [3.05, 3.63) is 44.7 Å². The monoisotopic (exact) mass is 443 g/mol. The summed E-state index contributed by atoms with van der Waals surface area (Å²) in [6.07, 6.45) is -1.49. The third-order valence-electron chi connectivity index (χ3n) is 5.85. The number of alkyl halides is 3. The molecule has 2 aromatic heterocycles. The van der Waals surface area contributed by atoms with Gasteiger partial charge in [-0.15, -0.1) is 11.3 Å². The van der Waals surface area contributed by atoms with Crippen LogP contribution in [-0.4, -0.2) is 35.4 Å². The first-order chi connectivity index (χ1) is 13.8. The molecule has 0 saturated carbocycles. The number of carbonyl (C=O) groups is 1. The van der Waals surface area contributed by atoms with Crippen molar-refractivity contribution in [3.63, 3.8) is 0 Å². The minimum absolute atomic E-state index is 0.0146. The van der Waals surface area contributed by atoms with Crippen LogP contribution in [0.4, 0.5) is 19.0 Å². The lowest BCUT2D eigenvalue weighted by Gasteiger charge is -2.39. The van der Waals surface area contributed by atoms with Crippen LogP contribution in [0.2, 0.25) is 5.02 Å². The van der Waals surface area contributed by atoms with Gasteiger partial charge in [0.05, 0.1) is 16.6 Å². The molecule has 2 aromatic rings. The molecule has 156 valence electrons. The van der Waals surface area contributed by atoms with Gasteiger partial charge in [-0.25, -0.2) is 4.98 Å². The second kappa shape index (κ2) is 7.80. The fourth-order valence-corrected chi connectivity index (χ4v) is 5.45. The van der Waals surface area contributed by atoms with Crippen molar-refractivity contribution in [1.82, 2.24) is 9.88 Å². The third-order valence-corrected chi connectivity index (χ3v) is 7.13. The lowest BCUT2D eigenvalue weighted by Crippen LogP contribution is -2.45. The number of hydrogen-bond acceptors (Lipinski definition) is 4. The van der Waals surface area contributed by atoms with Crippen LogP contribution >= 0.6 is 22.9 Å². The predicted octanol–water partition coefficient (Wildman–Crippen LogP) is 5.18. The van der Waals surface area contributed by atoms with E-state index in [2.05, 4.69) is 23.4 Å². The van der Waals surface area contributed by atoms with Crippen molar-refractivity contribution in [2.45, 2.75) is 38.4 Å². The van der Waals surface area contributed by atoms with E-state index < -0.39 is 11.7 Å². The average Bonchev–Trinajstić information content (AvgIpc) is 3.17. The third kappa shape index (κ3) is 3.97. The van der Waals surface area contributed by atoms with Crippen LogP contribution < -0.4 is 4.90 Å². The minimum Gasteiger partial charge on any atom is -0.355 e. The van der Waals surface area contributed by atoms with E-state index in [4.69, 9.17) is 11.6 Å². The molecule has 0 aromatic carbocycles. The topological polar surface area (TPSA) is 36.4 Å². The Balaban J connectivity index is 1.40. The van der Waals surface area contributed by atoms with Crippen LogP contribution in [0.25, 0.3) is 0 Å². The van der Waals surface area contributed by atoms with Crippen LogP contribution in [0, 0.1) is 5.92 Å². The van der Waals surface area contributed by atoms with Crippen molar-refractivity contribution >= 4 is 34.7 Å². The van der Waals surface area contributed by atoms with Gasteiger partial charge >= 0.3 is 6.18 Å². The Morgan fingerprint density at radius 1 is 1.28 bits per heavy atom. The molecule has 29 heavy (non-hydrogen) atoms. The number of amides is 1. The average molecular weight is 444 g/mol. The molecule has 9 heteroatoms. The summed E-state index contributed by atoms with van der Waals surface area (Å²) >= 11 is 7.81. The van der Waals surface area contributed by atoms with Crippen molar-refractivity contribution in [2.75, 3.05) is 24.5 Å². The molecule has 1 unspecified atom stereocenters. The molecule has 1 atom stereocenters. The van der Waals surface area contributed by atoms with E-state index in [9.17, 15) is 18.0 Å². The van der Waals surface area contributed by atoms with Gasteiger partial charge in [-0.1, -0.05) is 11.6 Å². The lowest BCUT2D eigenvalue weighted by molar-refractivity contribution is -0.139.